The first-order valence-electron chi connectivity index (χ1n) is 11.0. The van der Waals surface area contributed by atoms with E-state index in [4.69, 9.17) is 9.84 Å². The van der Waals surface area contributed by atoms with Crippen molar-refractivity contribution < 1.29 is 33.0 Å². The van der Waals surface area contributed by atoms with Crippen LogP contribution < -0.4 is 10.6 Å². The van der Waals surface area contributed by atoms with Gasteiger partial charge in [0.15, 0.2) is 0 Å². The number of halogens is 2. The van der Waals surface area contributed by atoms with Crippen LogP contribution in [0.2, 0.25) is 0 Å². The lowest BCUT2D eigenvalue weighted by Gasteiger charge is -2.24. The smallest absolute Gasteiger partial charge is 0.407 e. The summed E-state index contributed by atoms with van der Waals surface area (Å²) in [6, 6.07) is 15.7. The first kappa shape index (κ1) is 23.7. The third-order valence-corrected chi connectivity index (χ3v) is 6.35. The fraction of sp³-hybridized carbons (Fsp3) is 0.400. The highest BCUT2D eigenvalue weighted by Crippen LogP contribution is 2.55. The zero-order valence-electron chi connectivity index (χ0n) is 18.8. The number of amides is 2. The molecule has 1 fully saturated rings. The Morgan fingerprint density at radius 1 is 1.03 bits per heavy atom. The van der Waals surface area contributed by atoms with Gasteiger partial charge in [0, 0.05) is 18.0 Å². The van der Waals surface area contributed by atoms with Gasteiger partial charge in [0.2, 0.25) is 5.91 Å². The molecule has 2 atom stereocenters. The largest absolute Gasteiger partial charge is 0.481 e. The number of alkyl carbamates (subject to hydrolysis) is 1. The topological polar surface area (TPSA) is 105 Å². The van der Waals surface area contributed by atoms with Crippen LogP contribution in [-0.4, -0.2) is 47.7 Å². The molecule has 0 radical (unpaired) electrons. The quantitative estimate of drug-likeness (QED) is 0.543. The van der Waals surface area contributed by atoms with Gasteiger partial charge in [-0.05, 0) is 36.1 Å². The summed E-state index contributed by atoms with van der Waals surface area (Å²) in [6.45, 7) is 2.52. The molecule has 180 valence electrons. The maximum Gasteiger partial charge on any atom is 0.407 e. The molecular formula is C25H26F2N2O5. The van der Waals surface area contributed by atoms with Crippen LogP contribution in [0.4, 0.5) is 13.6 Å². The van der Waals surface area contributed by atoms with Crippen molar-refractivity contribution in [2.75, 3.05) is 13.2 Å². The summed E-state index contributed by atoms with van der Waals surface area (Å²) >= 11 is 0. The van der Waals surface area contributed by atoms with E-state index in [-0.39, 0.29) is 12.5 Å². The molecule has 1 saturated carbocycles. The van der Waals surface area contributed by atoms with Crippen molar-refractivity contribution in [2.45, 2.75) is 37.6 Å². The van der Waals surface area contributed by atoms with E-state index in [2.05, 4.69) is 10.6 Å². The molecule has 2 aliphatic carbocycles. The molecule has 4 rings (SSSR count). The van der Waals surface area contributed by atoms with Crippen molar-refractivity contribution in [1.29, 1.82) is 0 Å². The number of aliphatic carboxylic acids is 1. The van der Waals surface area contributed by atoms with E-state index in [1.54, 1.807) is 0 Å². The van der Waals surface area contributed by atoms with Crippen molar-refractivity contribution in [3.05, 3.63) is 59.7 Å². The number of carboxylic acid groups (broad SMARTS) is 1. The van der Waals surface area contributed by atoms with Gasteiger partial charge < -0.3 is 20.5 Å². The van der Waals surface area contributed by atoms with Crippen LogP contribution in [0.5, 0.6) is 0 Å². The molecule has 2 aromatic rings. The molecule has 0 spiro atoms. The fourth-order valence-electron chi connectivity index (χ4n) is 4.68. The highest BCUT2D eigenvalue weighted by molar-refractivity contribution is 5.85. The number of carbonyl (C=O) groups is 3. The van der Waals surface area contributed by atoms with Crippen LogP contribution in [-0.2, 0) is 14.3 Å². The summed E-state index contributed by atoms with van der Waals surface area (Å²) < 4.78 is 33.7. The molecule has 0 aliphatic heterocycles. The van der Waals surface area contributed by atoms with Gasteiger partial charge in [-0.3, -0.25) is 9.59 Å². The van der Waals surface area contributed by atoms with Crippen LogP contribution in [0.1, 0.15) is 37.3 Å². The normalized spacial score (nSPS) is 20.1. The number of fused-ring (bicyclic) bond motifs is 3. The molecular weight excluding hydrogens is 446 g/mol. The van der Waals surface area contributed by atoms with Crippen molar-refractivity contribution in [1.82, 2.24) is 10.6 Å². The lowest BCUT2D eigenvalue weighted by atomic mass is 9.98. The predicted molar refractivity (Wildman–Crippen MR) is 119 cm³/mol. The van der Waals surface area contributed by atoms with Crippen LogP contribution in [0.15, 0.2) is 48.5 Å². The zero-order valence-corrected chi connectivity index (χ0v) is 18.8. The van der Waals surface area contributed by atoms with E-state index in [0.717, 1.165) is 22.3 Å². The Morgan fingerprint density at radius 3 is 2.15 bits per heavy atom. The number of carboxylic acids is 1. The van der Waals surface area contributed by atoms with Crippen molar-refractivity contribution in [3.63, 3.8) is 0 Å². The minimum atomic E-state index is -3.29. The number of nitrogens with one attached hydrogen (secondary N) is 2. The minimum absolute atomic E-state index is 0.0498. The van der Waals surface area contributed by atoms with Crippen LogP contribution in [0.3, 0.4) is 0 Å². The van der Waals surface area contributed by atoms with Gasteiger partial charge in [0.05, 0.1) is 12.3 Å². The second-order valence-electron chi connectivity index (χ2n) is 9.41. The Kier molecular flexibility index (Phi) is 6.05. The van der Waals surface area contributed by atoms with E-state index in [0.29, 0.717) is 0 Å². The van der Waals surface area contributed by atoms with Gasteiger partial charge in [-0.1, -0.05) is 48.5 Å². The highest BCUT2D eigenvalue weighted by Gasteiger charge is 2.71. The average molecular weight is 472 g/mol. The van der Waals surface area contributed by atoms with Gasteiger partial charge in [0.25, 0.3) is 5.92 Å². The summed E-state index contributed by atoms with van der Waals surface area (Å²) in [7, 11) is 0. The molecule has 9 heteroatoms. The van der Waals surface area contributed by atoms with Crippen LogP contribution >= 0.6 is 0 Å². The number of hydrogen-bond acceptors (Lipinski definition) is 4. The number of benzene rings is 2. The molecule has 34 heavy (non-hydrogen) atoms. The Morgan fingerprint density at radius 2 is 1.59 bits per heavy atom. The monoisotopic (exact) mass is 472 g/mol. The first-order chi connectivity index (χ1) is 16.0. The summed E-state index contributed by atoms with van der Waals surface area (Å²) in [5.74, 6) is -8.55. The SMILES string of the molecule is CC(C)(CC(=O)O)NC(=O)[C@@H]1[C@H](CNC(=O)OCC2c3ccccc3-c3ccccc32)C1(F)F. The second-order valence-corrected chi connectivity index (χ2v) is 9.41. The lowest BCUT2D eigenvalue weighted by Crippen LogP contribution is -2.46. The van der Waals surface area contributed by atoms with Crippen LogP contribution in [0, 0.1) is 11.8 Å². The average Bonchev–Trinajstić information content (AvgIpc) is 3.16. The van der Waals surface area contributed by atoms with E-state index in [1.165, 1.54) is 13.8 Å². The Labute approximate surface area is 195 Å². The molecule has 7 nitrogen and oxygen atoms in total. The zero-order chi connectivity index (χ0) is 24.7. The molecule has 0 unspecified atom stereocenters. The van der Waals surface area contributed by atoms with E-state index in [1.807, 2.05) is 48.5 Å². The molecule has 2 aliphatic rings. The molecule has 2 amide bonds. The van der Waals surface area contributed by atoms with E-state index >= 15 is 0 Å². The molecule has 3 N–H and O–H groups in total. The molecule has 0 aromatic heterocycles. The van der Waals surface area contributed by atoms with Gasteiger partial charge in [-0.2, -0.15) is 0 Å². The summed E-state index contributed by atoms with van der Waals surface area (Å²) in [4.78, 5) is 35.4. The Hall–Kier alpha value is -3.49. The van der Waals surface area contributed by atoms with Crippen molar-refractivity contribution >= 4 is 18.0 Å². The second kappa shape index (κ2) is 8.70. The number of carbonyl (C=O) groups excluding carboxylic acids is 2. The van der Waals surface area contributed by atoms with Gasteiger partial charge in [0.1, 0.15) is 12.5 Å². The third-order valence-electron chi connectivity index (χ3n) is 6.35. The lowest BCUT2D eigenvalue weighted by molar-refractivity contribution is -0.138. The molecule has 0 heterocycles. The van der Waals surface area contributed by atoms with Gasteiger partial charge in [-0.25, -0.2) is 13.6 Å². The molecule has 0 saturated heterocycles. The number of hydrogen-bond donors (Lipinski definition) is 3. The first-order valence-corrected chi connectivity index (χ1v) is 11.0. The van der Waals surface area contributed by atoms with Gasteiger partial charge in [-0.15, -0.1) is 0 Å². The fourth-order valence-corrected chi connectivity index (χ4v) is 4.68. The third kappa shape index (κ3) is 4.60. The standard InChI is InChI=1S/C25H26F2N2O5/c1-24(2,11-20(30)31)29-22(32)21-19(25(21,26)27)12-28-23(33)34-13-18-16-9-5-3-7-14(16)15-8-4-6-10-17(15)18/h3-10,18-19,21H,11-13H2,1-2H3,(H,28,33)(H,29,32)(H,30,31)/t19-,21-/m0/s1. The maximum atomic E-state index is 14.2. The summed E-state index contributed by atoms with van der Waals surface area (Å²) in [5.41, 5.74) is 3.04. The van der Waals surface area contributed by atoms with Crippen LogP contribution in [0.25, 0.3) is 11.1 Å². The molecule has 2 aromatic carbocycles. The van der Waals surface area contributed by atoms with E-state index < -0.39 is 54.2 Å². The maximum absolute atomic E-state index is 14.2. The Bertz CT molecular complexity index is 1090. The number of alkyl halides is 2. The van der Waals surface area contributed by atoms with Crippen molar-refractivity contribution in [2.24, 2.45) is 11.8 Å². The van der Waals surface area contributed by atoms with Crippen molar-refractivity contribution in [3.8, 4) is 11.1 Å². The summed E-state index contributed by atoms with van der Waals surface area (Å²) in [5, 5.41) is 13.6. The number of ether oxygens (including phenoxy) is 1. The highest BCUT2D eigenvalue weighted by atomic mass is 19.3. The predicted octanol–water partition coefficient (Wildman–Crippen LogP) is 3.78. The van der Waals surface area contributed by atoms with E-state index in [9.17, 15) is 23.2 Å². The minimum Gasteiger partial charge on any atom is -0.481 e. The summed E-state index contributed by atoms with van der Waals surface area (Å²) in [6.07, 6.45) is -1.24. The Balaban J connectivity index is 1.31. The number of rotatable bonds is 8. The molecule has 0 bridgehead atoms. The van der Waals surface area contributed by atoms with Gasteiger partial charge >= 0.3 is 12.1 Å².